The van der Waals surface area contributed by atoms with E-state index >= 15 is 0 Å². The van der Waals surface area contributed by atoms with Crippen molar-refractivity contribution in [2.75, 3.05) is 6.61 Å². The number of hydrogen-bond donors (Lipinski definition) is 1. The van der Waals surface area contributed by atoms with Gasteiger partial charge in [-0.15, -0.1) is 0 Å². The molecule has 0 aromatic rings. The van der Waals surface area contributed by atoms with E-state index in [-0.39, 0.29) is 6.61 Å². The number of carbonyl (C=O) groups excluding carboxylic acids is 1. The van der Waals surface area contributed by atoms with Crippen molar-refractivity contribution in [3.63, 3.8) is 0 Å². The minimum absolute atomic E-state index is 0.382. The van der Waals surface area contributed by atoms with Crippen LogP contribution in [0, 0.1) is 22.7 Å². The number of esters is 1. The third-order valence-corrected chi connectivity index (χ3v) is 0.924. The molecule has 0 bridgehead atoms. The van der Waals surface area contributed by atoms with Gasteiger partial charge < -0.3 is 10.5 Å². The lowest BCUT2D eigenvalue weighted by atomic mass is 10.1. The highest BCUT2D eigenvalue weighted by atomic mass is 16.5. The minimum Gasteiger partial charge on any atom is -0.448 e. The van der Waals surface area contributed by atoms with Crippen molar-refractivity contribution in [2.45, 2.75) is 12.5 Å². The topological polar surface area (TPSA) is 99.9 Å². The number of nitriles is 2. The molecule has 58 valence electrons. The Labute approximate surface area is 64.0 Å². The Morgan fingerprint density at radius 3 is 2.64 bits per heavy atom. The van der Waals surface area contributed by atoms with Crippen LogP contribution in [0.5, 0.6) is 0 Å². The van der Waals surface area contributed by atoms with E-state index in [1.807, 2.05) is 0 Å². The highest BCUT2D eigenvalue weighted by Crippen LogP contribution is 1.98. The Kier molecular flexibility index (Phi) is 3.03. The van der Waals surface area contributed by atoms with E-state index in [0.717, 1.165) is 0 Å². The molecular weight excluding hydrogens is 146 g/mol. The first-order valence-electron chi connectivity index (χ1n) is 2.79. The highest BCUT2D eigenvalue weighted by Gasteiger charge is 2.29. The molecular formula is C6H7N3O2. The molecule has 0 aromatic heterocycles. The number of nitrogens with two attached hydrogens (primary N) is 1. The van der Waals surface area contributed by atoms with Gasteiger partial charge in [0.25, 0.3) is 0 Å². The van der Waals surface area contributed by atoms with E-state index in [9.17, 15) is 4.79 Å². The number of carbonyl (C=O) groups is 1. The second kappa shape index (κ2) is 3.55. The van der Waals surface area contributed by atoms with E-state index in [0.29, 0.717) is 0 Å². The molecule has 11 heavy (non-hydrogen) atoms. The van der Waals surface area contributed by atoms with Gasteiger partial charge in [-0.2, -0.15) is 10.5 Å². The van der Waals surface area contributed by atoms with E-state index in [4.69, 9.17) is 16.3 Å². The lowest BCUT2D eigenvalue weighted by Gasteiger charge is -2.11. The fraction of sp³-hybridized carbons (Fsp3) is 0.500. The maximum absolute atomic E-state index is 10.7. The molecule has 0 saturated carbocycles. The largest absolute Gasteiger partial charge is 0.448 e. The van der Waals surface area contributed by atoms with Crippen LogP contribution in [0.4, 0.5) is 0 Å². The zero-order valence-electron chi connectivity index (χ0n) is 6.00. The molecule has 5 heteroatoms. The second-order valence-corrected chi connectivity index (χ2v) is 2.05. The summed E-state index contributed by atoms with van der Waals surface area (Å²) >= 11 is 0. The van der Waals surface area contributed by atoms with Crippen molar-refractivity contribution < 1.29 is 9.53 Å². The molecule has 1 atom stereocenters. The van der Waals surface area contributed by atoms with Gasteiger partial charge in [-0.3, -0.25) is 0 Å². The maximum Gasteiger partial charge on any atom is 0.341 e. The van der Waals surface area contributed by atoms with Gasteiger partial charge in [-0.05, 0) is 6.92 Å². The molecule has 0 radical (unpaired) electrons. The average Bonchev–Trinajstić information content (AvgIpc) is 2.00. The van der Waals surface area contributed by atoms with E-state index in [2.05, 4.69) is 4.74 Å². The lowest BCUT2D eigenvalue weighted by Crippen LogP contribution is -2.44. The normalized spacial score (nSPS) is 13.8. The van der Waals surface area contributed by atoms with Crippen LogP contribution in [-0.4, -0.2) is 18.1 Å². The molecule has 0 spiro atoms. The van der Waals surface area contributed by atoms with Crippen LogP contribution in [0.25, 0.3) is 0 Å². The van der Waals surface area contributed by atoms with Gasteiger partial charge in [0, 0.05) is 0 Å². The highest BCUT2D eigenvalue weighted by molar-refractivity contribution is 5.83. The third-order valence-electron chi connectivity index (χ3n) is 0.924. The first-order valence-corrected chi connectivity index (χ1v) is 2.79. The van der Waals surface area contributed by atoms with Gasteiger partial charge in [0.2, 0.25) is 0 Å². The molecule has 0 aliphatic heterocycles. The number of nitrogens with zero attached hydrogens (tertiary/aromatic N) is 2. The lowest BCUT2D eigenvalue weighted by molar-refractivity contribution is -0.145. The van der Waals surface area contributed by atoms with Crippen molar-refractivity contribution in [3.05, 3.63) is 0 Å². The SMILES string of the molecule is C[C@@](N)(C#N)C(=O)OCC#N. The molecule has 0 heterocycles. The van der Waals surface area contributed by atoms with Crippen molar-refractivity contribution in [2.24, 2.45) is 5.73 Å². The van der Waals surface area contributed by atoms with Crippen molar-refractivity contribution in [3.8, 4) is 12.1 Å². The Balaban J connectivity index is 4.08. The summed E-state index contributed by atoms with van der Waals surface area (Å²) in [5, 5.41) is 16.3. The van der Waals surface area contributed by atoms with Crippen LogP contribution in [0.1, 0.15) is 6.92 Å². The fourth-order valence-corrected chi connectivity index (χ4v) is 0.293. The molecule has 5 nitrogen and oxygen atoms in total. The minimum atomic E-state index is -1.66. The third kappa shape index (κ3) is 2.65. The molecule has 0 rings (SSSR count). The van der Waals surface area contributed by atoms with Gasteiger partial charge in [0.1, 0.15) is 6.07 Å². The van der Waals surface area contributed by atoms with Crippen molar-refractivity contribution in [1.29, 1.82) is 10.5 Å². The van der Waals surface area contributed by atoms with E-state index in [1.54, 1.807) is 12.1 Å². The van der Waals surface area contributed by atoms with Crippen LogP contribution < -0.4 is 5.73 Å². The van der Waals surface area contributed by atoms with E-state index in [1.165, 1.54) is 6.92 Å². The molecule has 0 unspecified atom stereocenters. The van der Waals surface area contributed by atoms with Crippen LogP contribution in [0.15, 0.2) is 0 Å². The molecule has 0 aromatic carbocycles. The summed E-state index contributed by atoms with van der Waals surface area (Å²) in [7, 11) is 0. The van der Waals surface area contributed by atoms with Gasteiger partial charge in [0.05, 0.1) is 6.07 Å². The average molecular weight is 153 g/mol. The van der Waals surface area contributed by atoms with Gasteiger partial charge in [0.15, 0.2) is 12.1 Å². The Morgan fingerprint density at radius 2 is 2.27 bits per heavy atom. The quantitative estimate of drug-likeness (QED) is 0.528. The van der Waals surface area contributed by atoms with Crippen LogP contribution in [0.3, 0.4) is 0 Å². The van der Waals surface area contributed by atoms with Gasteiger partial charge in [-0.1, -0.05) is 0 Å². The molecule has 0 aliphatic rings. The van der Waals surface area contributed by atoms with Crippen LogP contribution in [0.2, 0.25) is 0 Å². The number of ether oxygens (including phenoxy) is 1. The second-order valence-electron chi connectivity index (χ2n) is 2.05. The van der Waals surface area contributed by atoms with Crippen molar-refractivity contribution in [1.82, 2.24) is 0 Å². The maximum atomic E-state index is 10.7. The van der Waals surface area contributed by atoms with Gasteiger partial charge in [-0.25, -0.2) is 4.79 Å². The van der Waals surface area contributed by atoms with E-state index < -0.39 is 11.5 Å². The number of rotatable bonds is 2. The Bertz CT molecular complexity index is 233. The predicted molar refractivity (Wildman–Crippen MR) is 34.8 cm³/mol. The zero-order chi connectivity index (χ0) is 8.91. The Hall–Kier alpha value is -1.59. The standard InChI is InChI=1S/C6H7N3O2/c1-6(9,4-8)5(10)11-3-2-7/h3,9H2,1H3/t6-/m1/s1. The summed E-state index contributed by atoms with van der Waals surface area (Å²) in [4.78, 5) is 10.7. The van der Waals surface area contributed by atoms with Crippen LogP contribution in [-0.2, 0) is 9.53 Å². The van der Waals surface area contributed by atoms with Gasteiger partial charge >= 0.3 is 5.97 Å². The summed E-state index contributed by atoms with van der Waals surface area (Å²) in [5.74, 6) is -0.887. The first kappa shape index (κ1) is 9.41. The molecule has 0 aliphatic carbocycles. The molecule has 0 saturated heterocycles. The van der Waals surface area contributed by atoms with Crippen LogP contribution >= 0.6 is 0 Å². The number of hydrogen-bond acceptors (Lipinski definition) is 5. The molecule has 2 N–H and O–H groups in total. The summed E-state index contributed by atoms with van der Waals surface area (Å²) in [5.41, 5.74) is 3.50. The predicted octanol–water partition coefficient (Wildman–Crippen LogP) is -0.706. The first-order chi connectivity index (χ1) is 5.04. The smallest absolute Gasteiger partial charge is 0.341 e. The fourth-order valence-electron chi connectivity index (χ4n) is 0.293. The summed E-state index contributed by atoms with van der Waals surface area (Å²) in [6.45, 7) is 0.833. The summed E-state index contributed by atoms with van der Waals surface area (Å²) < 4.78 is 4.30. The molecule has 0 fully saturated rings. The van der Waals surface area contributed by atoms with Crippen molar-refractivity contribution >= 4 is 5.97 Å². The summed E-state index contributed by atoms with van der Waals surface area (Å²) in [6, 6.07) is 3.13. The molecule has 0 amide bonds. The zero-order valence-corrected chi connectivity index (χ0v) is 6.00. The monoisotopic (exact) mass is 153 g/mol. The summed E-state index contributed by atoms with van der Waals surface area (Å²) in [6.07, 6.45) is 0. The Morgan fingerprint density at radius 1 is 1.73 bits per heavy atom.